The Kier molecular flexibility index (Phi) is 4.62. The monoisotopic (exact) mass is 341 g/mol. The van der Waals surface area contributed by atoms with Gasteiger partial charge in [-0.05, 0) is 31.2 Å². The van der Waals surface area contributed by atoms with Crippen molar-refractivity contribution in [1.82, 2.24) is 15.1 Å². The van der Waals surface area contributed by atoms with E-state index in [0.29, 0.717) is 22.4 Å². The van der Waals surface area contributed by atoms with Crippen LogP contribution >= 0.6 is 11.6 Å². The second-order valence-corrected chi connectivity index (χ2v) is 5.92. The van der Waals surface area contributed by atoms with Crippen LogP contribution in [-0.4, -0.2) is 28.1 Å². The van der Waals surface area contributed by atoms with Crippen molar-refractivity contribution in [1.29, 1.82) is 0 Å². The highest BCUT2D eigenvalue weighted by Gasteiger charge is 2.17. The fourth-order valence-corrected chi connectivity index (χ4v) is 2.46. The highest BCUT2D eigenvalue weighted by molar-refractivity contribution is 6.33. The number of carbonyl (C=O) groups excluding carboxylic acids is 1. The molecule has 1 aromatic heterocycles. The molecule has 0 saturated heterocycles. The molecule has 0 spiro atoms. The van der Waals surface area contributed by atoms with E-state index >= 15 is 0 Å². The first-order valence-corrected chi connectivity index (χ1v) is 7.82. The number of carbonyl (C=O) groups is 1. The third-order valence-electron chi connectivity index (χ3n) is 3.59. The van der Waals surface area contributed by atoms with Crippen molar-refractivity contribution >= 4 is 17.5 Å². The number of rotatable bonds is 4. The Balaban J connectivity index is 1.73. The van der Waals surface area contributed by atoms with Gasteiger partial charge in [-0.15, -0.1) is 10.2 Å². The van der Waals surface area contributed by atoms with Gasteiger partial charge in [0, 0.05) is 12.6 Å². The van der Waals surface area contributed by atoms with Crippen LogP contribution in [-0.2, 0) is 6.54 Å². The van der Waals surface area contributed by atoms with E-state index in [2.05, 4.69) is 10.2 Å². The lowest BCUT2D eigenvalue weighted by molar-refractivity contribution is 0.0773. The largest absolute Gasteiger partial charge is 0.419 e. The van der Waals surface area contributed by atoms with Crippen LogP contribution in [0, 0.1) is 6.92 Å². The molecule has 1 amide bonds. The first-order valence-electron chi connectivity index (χ1n) is 7.44. The molecule has 0 saturated carbocycles. The topological polar surface area (TPSA) is 59.2 Å². The summed E-state index contributed by atoms with van der Waals surface area (Å²) in [5, 5.41) is 8.46. The molecule has 2 aromatic carbocycles. The molecule has 5 nitrogen and oxygen atoms in total. The summed E-state index contributed by atoms with van der Waals surface area (Å²) in [7, 11) is 1.67. The van der Waals surface area contributed by atoms with Crippen molar-refractivity contribution in [2.24, 2.45) is 0 Å². The Morgan fingerprint density at radius 1 is 1.12 bits per heavy atom. The highest BCUT2D eigenvalue weighted by Crippen LogP contribution is 2.20. The second kappa shape index (κ2) is 6.84. The molecule has 0 bridgehead atoms. The number of aryl methyl sites for hydroxylation is 1. The quantitative estimate of drug-likeness (QED) is 0.720. The van der Waals surface area contributed by atoms with Crippen molar-refractivity contribution in [3.05, 3.63) is 70.6 Å². The van der Waals surface area contributed by atoms with Gasteiger partial charge in [0.15, 0.2) is 0 Å². The summed E-state index contributed by atoms with van der Waals surface area (Å²) in [6.07, 6.45) is 0. The SMILES string of the molecule is Cc1ccc(-c2nnc(CN(C)C(=O)c3ccccc3Cl)o2)cc1. The van der Waals surface area contributed by atoms with Gasteiger partial charge in [0.05, 0.1) is 17.1 Å². The van der Waals surface area contributed by atoms with Crippen LogP contribution in [0.1, 0.15) is 21.8 Å². The van der Waals surface area contributed by atoms with Gasteiger partial charge in [0.2, 0.25) is 11.8 Å². The zero-order valence-electron chi connectivity index (χ0n) is 13.4. The minimum absolute atomic E-state index is 0.198. The molecule has 0 aliphatic heterocycles. The number of nitrogens with zero attached hydrogens (tertiary/aromatic N) is 3. The van der Waals surface area contributed by atoms with E-state index in [0.717, 1.165) is 11.1 Å². The number of benzene rings is 2. The maximum atomic E-state index is 12.4. The standard InChI is InChI=1S/C18H16ClN3O2/c1-12-7-9-13(10-8-12)17-21-20-16(24-17)11-22(2)18(23)14-5-3-4-6-15(14)19/h3-10H,11H2,1-2H3. The molecular formula is C18H16ClN3O2. The Hall–Kier alpha value is -2.66. The van der Waals surface area contributed by atoms with E-state index in [-0.39, 0.29) is 12.5 Å². The molecule has 3 rings (SSSR count). The summed E-state index contributed by atoms with van der Waals surface area (Å²) < 4.78 is 5.65. The number of aromatic nitrogens is 2. The maximum absolute atomic E-state index is 12.4. The van der Waals surface area contributed by atoms with Gasteiger partial charge in [-0.25, -0.2) is 0 Å². The minimum atomic E-state index is -0.198. The Morgan fingerprint density at radius 2 is 1.83 bits per heavy atom. The lowest BCUT2D eigenvalue weighted by Crippen LogP contribution is -2.26. The fraction of sp³-hybridized carbons (Fsp3) is 0.167. The molecule has 1 heterocycles. The van der Waals surface area contributed by atoms with Gasteiger partial charge >= 0.3 is 0 Å². The van der Waals surface area contributed by atoms with Crippen LogP contribution < -0.4 is 0 Å². The summed E-state index contributed by atoms with van der Waals surface area (Å²) in [5.41, 5.74) is 2.45. The summed E-state index contributed by atoms with van der Waals surface area (Å²) in [5.74, 6) is 0.604. The second-order valence-electron chi connectivity index (χ2n) is 5.51. The van der Waals surface area contributed by atoms with E-state index in [9.17, 15) is 4.79 Å². The third kappa shape index (κ3) is 3.46. The van der Waals surface area contributed by atoms with E-state index in [1.165, 1.54) is 4.90 Å². The van der Waals surface area contributed by atoms with Crippen LogP contribution in [0.5, 0.6) is 0 Å². The van der Waals surface area contributed by atoms with Crippen LogP contribution in [0.2, 0.25) is 5.02 Å². The number of hydrogen-bond acceptors (Lipinski definition) is 4. The van der Waals surface area contributed by atoms with Crippen molar-refractivity contribution in [3.8, 4) is 11.5 Å². The molecule has 0 unspecified atom stereocenters. The Labute approximate surface area is 144 Å². The predicted octanol–water partition coefficient (Wildman–Crippen LogP) is 3.97. The average Bonchev–Trinajstić information content (AvgIpc) is 3.04. The Bertz CT molecular complexity index is 859. The summed E-state index contributed by atoms with van der Waals surface area (Å²) >= 11 is 6.06. The first-order chi connectivity index (χ1) is 11.5. The zero-order chi connectivity index (χ0) is 17.1. The molecule has 0 fully saturated rings. The number of hydrogen-bond donors (Lipinski definition) is 0. The summed E-state index contributed by atoms with van der Waals surface area (Å²) in [6, 6.07) is 14.7. The maximum Gasteiger partial charge on any atom is 0.255 e. The van der Waals surface area contributed by atoms with Crippen molar-refractivity contribution < 1.29 is 9.21 Å². The van der Waals surface area contributed by atoms with E-state index in [4.69, 9.17) is 16.0 Å². The first kappa shape index (κ1) is 16.2. The molecular weight excluding hydrogens is 326 g/mol. The van der Waals surface area contributed by atoms with E-state index in [1.54, 1.807) is 31.3 Å². The van der Waals surface area contributed by atoms with Crippen molar-refractivity contribution in [3.63, 3.8) is 0 Å². The molecule has 0 N–H and O–H groups in total. The van der Waals surface area contributed by atoms with Crippen molar-refractivity contribution in [2.75, 3.05) is 7.05 Å². The normalized spacial score (nSPS) is 10.6. The fourth-order valence-electron chi connectivity index (χ4n) is 2.25. The molecule has 6 heteroatoms. The smallest absolute Gasteiger partial charge is 0.255 e. The highest BCUT2D eigenvalue weighted by atomic mass is 35.5. The molecule has 0 atom stereocenters. The zero-order valence-corrected chi connectivity index (χ0v) is 14.1. The van der Waals surface area contributed by atoms with Gasteiger partial charge < -0.3 is 9.32 Å². The van der Waals surface area contributed by atoms with Gasteiger partial charge in [-0.1, -0.05) is 41.4 Å². The predicted molar refractivity (Wildman–Crippen MR) is 91.7 cm³/mol. The number of amides is 1. The molecule has 0 aliphatic carbocycles. The molecule has 0 radical (unpaired) electrons. The van der Waals surface area contributed by atoms with E-state index < -0.39 is 0 Å². The average molecular weight is 342 g/mol. The van der Waals surface area contributed by atoms with Crippen molar-refractivity contribution in [2.45, 2.75) is 13.5 Å². The molecule has 122 valence electrons. The lowest BCUT2D eigenvalue weighted by atomic mass is 10.1. The minimum Gasteiger partial charge on any atom is -0.419 e. The van der Waals surface area contributed by atoms with Crippen LogP contribution in [0.15, 0.2) is 52.9 Å². The number of halogens is 1. The van der Waals surface area contributed by atoms with Gasteiger partial charge in [0.1, 0.15) is 0 Å². The van der Waals surface area contributed by atoms with Gasteiger partial charge in [0.25, 0.3) is 5.91 Å². The van der Waals surface area contributed by atoms with Gasteiger partial charge in [-0.2, -0.15) is 0 Å². The van der Waals surface area contributed by atoms with Crippen LogP contribution in [0.25, 0.3) is 11.5 Å². The van der Waals surface area contributed by atoms with Gasteiger partial charge in [-0.3, -0.25) is 4.79 Å². The van der Waals surface area contributed by atoms with E-state index in [1.807, 2.05) is 31.2 Å². The lowest BCUT2D eigenvalue weighted by Gasteiger charge is -2.15. The summed E-state index contributed by atoms with van der Waals surface area (Å²) in [4.78, 5) is 13.9. The van der Waals surface area contributed by atoms with Crippen LogP contribution in [0.3, 0.4) is 0 Å². The summed E-state index contributed by atoms with van der Waals surface area (Å²) in [6.45, 7) is 2.22. The van der Waals surface area contributed by atoms with Crippen LogP contribution in [0.4, 0.5) is 0 Å². The Morgan fingerprint density at radius 3 is 2.54 bits per heavy atom. The molecule has 24 heavy (non-hydrogen) atoms. The third-order valence-corrected chi connectivity index (χ3v) is 3.92. The molecule has 0 aliphatic rings. The molecule has 3 aromatic rings.